The second-order valence-corrected chi connectivity index (χ2v) is 7.01. The number of aromatic nitrogens is 2. The Morgan fingerprint density at radius 2 is 2.07 bits per heavy atom. The maximum absolute atomic E-state index is 12.5. The number of anilines is 1. The Kier molecular flexibility index (Phi) is 7.63. The summed E-state index contributed by atoms with van der Waals surface area (Å²) in [6, 6.07) is 10.3. The number of nitrogens with one attached hydrogen (secondary N) is 1. The van der Waals surface area contributed by atoms with Gasteiger partial charge in [-0.15, -0.1) is 0 Å². The van der Waals surface area contributed by atoms with Gasteiger partial charge in [0, 0.05) is 46.5 Å². The van der Waals surface area contributed by atoms with Crippen molar-refractivity contribution in [2.75, 3.05) is 51.3 Å². The number of nitrogens with zero attached hydrogens (tertiary/aromatic N) is 5. The van der Waals surface area contributed by atoms with Crippen molar-refractivity contribution in [3.8, 4) is 0 Å². The maximum Gasteiger partial charge on any atom is 0.246 e. The largest absolute Gasteiger partial charge is 0.381 e. The zero-order chi connectivity index (χ0) is 20.5. The predicted molar refractivity (Wildman–Crippen MR) is 114 cm³/mol. The van der Waals surface area contributed by atoms with Gasteiger partial charge in [0.2, 0.25) is 5.91 Å². The average molecular weight is 399 g/mol. The standard InChI is InChI=1S/C21H30N6O2/c1-22-21(23-10-6-13-29-14-9-18-7-4-3-5-8-18)26-11-12-27(20(28)17-26)19-15-24-25(2)16-19/h3-5,7-8,15-16H,6,9-14,17H2,1-2H3,(H,22,23). The Hall–Kier alpha value is -2.87. The van der Waals surface area contributed by atoms with Gasteiger partial charge < -0.3 is 19.9 Å². The van der Waals surface area contributed by atoms with E-state index in [9.17, 15) is 4.79 Å². The monoisotopic (exact) mass is 398 g/mol. The van der Waals surface area contributed by atoms with Gasteiger partial charge >= 0.3 is 0 Å². The fourth-order valence-corrected chi connectivity index (χ4v) is 3.32. The van der Waals surface area contributed by atoms with E-state index in [1.807, 2.05) is 36.3 Å². The van der Waals surface area contributed by atoms with Gasteiger partial charge in [-0.1, -0.05) is 30.3 Å². The summed E-state index contributed by atoms with van der Waals surface area (Å²) in [5.74, 6) is 0.810. The zero-order valence-corrected chi connectivity index (χ0v) is 17.3. The summed E-state index contributed by atoms with van der Waals surface area (Å²) >= 11 is 0. The normalized spacial score (nSPS) is 15.1. The lowest BCUT2D eigenvalue weighted by atomic mass is 10.2. The van der Waals surface area contributed by atoms with Crippen LogP contribution in [0.1, 0.15) is 12.0 Å². The van der Waals surface area contributed by atoms with Crippen molar-refractivity contribution < 1.29 is 9.53 Å². The molecule has 2 aromatic rings. The molecule has 1 aromatic carbocycles. The third kappa shape index (κ3) is 6.05. The summed E-state index contributed by atoms with van der Waals surface area (Å²) in [4.78, 5) is 20.6. The van der Waals surface area contributed by atoms with E-state index in [1.165, 1.54) is 5.56 Å². The first-order valence-electron chi connectivity index (χ1n) is 10.0. The van der Waals surface area contributed by atoms with Crippen molar-refractivity contribution >= 4 is 17.6 Å². The van der Waals surface area contributed by atoms with Crippen LogP contribution in [-0.2, 0) is 23.0 Å². The van der Waals surface area contributed by atoms with E-state index in [-0.39, 0.29) is 5.91 Å². The molecule has 29 heavy (non-hydrogen) atoms. The van der Waals surface area contributed by atoms with Gasteiger partial charge in [0.25, 0.3) is 0 Å². The van der Waals surface area contributed by atoms with E-state index >= 15 is 0 Å². The molecule has 8 heteroatoms. The van der Waals surface area contributed by atoms with E-state index in [0.717, 1.165) is 44.2 Å². The number of ether oxygens (including phenoxy) is 1. The Bertz CT molecular complexity index is 805. The van der Waals surface area contributed by atoms with Crippen molar-refractivity contribution in [2.45, 2.75) is 12.8 Å². The fraction of sp³-hybridized carbons (Fsp3) is 0.476. The van der Waals surface area contributed by atoms with Crippen LogP contribution < -0.4 is 10.2 Å². The van der Waals surface area contributed by atoms with Gasteiger partial charge in [0.05, 0.1) is 18.5 Å². The quantitative estimate of drug-likeness (QED) is 0.412. The lowest BCUT2D eigenvalue weighted by molar-refractivity contribution is -0.120. The molecule has 156 valence electrons. The van der Waals surface area contributed by atoms with E-state index < -0.39 is 0 Å². The molecule has 1 amide bonds. The minimum atomic E-state index is 0.0523. The lowest BCUT2D eigenvalue weighted by Crippen LogP contribution is -2.55. The van der Waals surface area contributed by atoms with Gasteiger partial charge in [-0.05, 0) is 18.4 Å². The van der Waals surface area contributed by atoms with E-state index in [1.54, 1.807) is 22.8 Å². The molecule has 2 heterocycles. The fourth-order valence-electron chi connectivity index (χ4n) is 3.32. The molecule has 1 aromatic heterocycles. The number of aliphatic imine (C=N–C) groups is 1. The van der Waals surface area contributed by atoms with Gasteiger partial charge in [-0.3, -0.25) is 14.5 Å². The highest BCUT2D eigenvalue weighted by Gasteiger charge is 2.27. The molecule has 0 radical (unpaired) electrons. The van der Waals surface area contributed by atoms with Crippen molar-refractivity contribution in [2.24, 2.45) is 12.0 Å². The molecule has 1 fully saturated rings. The summed E-state index contributed by atoms with van der Waals surface area (Å²) in [6.07, 6.45) is 5.40. The van der Waals surface area contributed by atoms with Crippen molar-refractivity contribution in [3.05, 3.63) is 48.3 Å². The summed E-state index contributed by atoms with van der Waals surface area (Å²) in [5.41, 5.74) is 2.13. The Balaban J connectivity index is 1.33. The Morgan fingerprint density at radius 1 is 1.24 bits per heavy atom. The summed E-state index contributed by atoms with van der Waals surface area (Å²) in [6.45, 7) is 3.84. The highest BCUT2D eigenvalue weighted by atomic mass is 16.5. The lowest BCUT2D eigenvalue weighted by Gasteiger charge is -2.35. The molecule has 0 saturated carbocycles. The van der Waals surface area contributed by atoms with E-state index in [0.29, 0.717) is 19.7 Å². The second-order valence-electron chi connectivity index (χ2n) is 7.01. The predicted octanol–water partition coefficient (Wildman–Crippen LogP) is 1.29. The molecule has 0 aliphatic carbocycles. The van der Waals surface area contributed by atoms with Crippen LogP contribution in [-0.4, -0.2) is 73.0 Å². The van der Waals surface area contributed by atoms with Crippen LogP contribution in [0.3, 0.4) is 0 Å². The summed E-state index contributed by atoms with van der Waals surface area (Å²) in [7, 11) is 3.60. The molecule has 1 aliphatic heterocycles. The third-order valence-electron chi connectivity index (χ3n) is 4.86. The maximum atomic E-state index is 12.5. The van der Waals surface area contributed by atoms with Gasteiger partial charge in [-0.2, -0.15) is 5.10 Å². The number of aryl methyl sites for hydroxylation is 1. The highest BCUT2D eigenvalue weighted by Crippen LogP contribution is 2.16. The molecule has 0 bridgehead atoms. The SMILES string of the molecule is CN=C(NCCCOCCc1ccccc1)N1CCN(c2cnn(C)c2)C(=O)C1. The van der Waals surface area contributed by atoms with Crippen LogP contribution in [0.4, 0.5) is 5.69 Å². The summed E-state index contributed by atoms with van der Waals surface area (Å²) < 4.78 is 7.42. The molecule has 1 saturated heterocycles. The Morgan fingerprint density at radius 3 is 2.76 bits per heavy atom. The Labute approximate surface area is 172 Å². The minimum Gasteiger partial charge on any atom is -0.381 e. The van der Waals surface area contributed by atoms with Crippen LogP contribution in [0.2, 0.25) is 0 Å². The second kappa shape index (κ2) is 10.6. The molecule has 0 unspecified atom stereocenters. The molecule has 1 aliphatic rings. The highest BCUT2D eigenvalue weighted by molar-refractivity contribution is 5.98. The number of rotatable bonds is 8. The van der Waals surface area contributed by atoms with Gasteiger partial charge in [-0.25, -0.2) is 0 Å². The first kappa shape index (κ1) is 20.9. The van der Waals surface area contributed by atoms with Gasteiger partial charge in [0.1, 0.15) is 6.54 Å². The van der Waals surface area contributed by atoms with Crippen molar-refractivity contribution in [1.82, 2.24) is 20.0 Å². The summed E-state index contributed by atoms with van der Waals surface area (Å²) in [5, 5.41) is 7.48. The molecule has 1 N–H and O–H groups in total. The number of hydrogen-bond donors (Lipinski definition) is 1. The van der Waals surface area contributed by atoms with Crippen LogP contribution >= 0.6 is 0 Å². The number of carbonyl (C=O) groups is 1. The first-order chi connectivity index (χ1) is 14.2. The van der Waals surface area contributed by atoms with Crippen molar-refractivity contribution in [3.63, 3.8) is 0 Å². The minimum absolute atomic E-state index is 0.0523. The molecule has 8 nitrogen and oxygen atoms in total. The smallest absolute Gasteiger partial charge is 0.246 e. The molecule has 0 spiro atoms. The molecule has 3 rings (SSSR count). The van der Waals surface area contributed by atoms with Crippen LogP contribution in [0.5, 0.6) is 0 Å². The topological polar surface area (TPSA) is 75.0 Å². The van der Waals surface area contributed by atoms with Crippen LogP contribution in [0, 0.1) is 0 Å². The van der Waals surface area contributed by atoms with Crippen LogP contribution in [0.15, 0.2) is 47.7 Å². The number of hydrogen-bond acceptors (Lipinski definition) is 4. The molecule has 0 atom stereocenters. The van der Waals surface area contributed by atoms with E-state index in [4.69, 9.17) is 4.74 Å². The molecular weight excluding hydrogens is 368 g/mol. The first-order valence-corrected chi connectivity index (χ1v) is 10.0. The average Bonchev–Trinajstić information content (AvgIpc) is 3.17. The van der Waals surface area contributed by atoms with Gasteiger partial charge in [0.15, 0.2) is 5.96 Å². The number of benzene rings is 1. The van der Waals surface area contributed by atoms with Crippen molar-refractivity contribution in [1.29, 1.82) is 0 Å². The number of guanidine groups is 1. The van der Waals surface area contributed by atoms with E-state index in [2.05, 4.69) is 27.5 Å². The number of amides is 1. The molecular formula is C21H30N6O2. The van der Waals surface area contributed by atoms with Crippen LogP contribution in [0.25, 0.3) is 0 Å². The number of piperazine rings is 1. The third-order valence-corrected chi connectivity index (χ3v) is 4.86. The number of carbonyl (C=O) groups excluding carboxylic acids is 1. The zero-order valence-electron chi connectivity index (χ0n) is 17.3.